The Bertz CT molecular complexity index is 623. The zero-order chi connectivity index (χ0) is 16.7. The number of amides is 2. The lowest BCUT2D eigenvalue weighted by molar-refractivity contribution is -0.122. The number of benzene rings is 1. The molecule has 23 heavy (non-hydrogen) atoms. The van der Waals surface area contributed by atoms with Crippen LogP contribution >= 0.6 is 0 Å². The maximum atomic E-state index is 12.0. The molecule has 0 aliphatic heterocycles. The summed E-state index contributed by atoms with van der Waals surface area (Å²) in [5, 5.41) is 5.50. The minimum Gasteiger partial charge on any atom is -0.472 e. The smallest absolute Gasteiger partial charge is 0.255 e. The zero-order valence-corrected chi connectivity index (χ0v) is 13.4. The van der Waals surface area contributed by atoms with Crippen molar-refractivity contribution in [2.45, 2.75) is 32.2 Å². The molecule has 0 saturated carbocycles. The van der Waals surface area contributed by atoms with Gasteiger partial charge in [0, 0.05) is 6.54 Å². The van der Waals surface area contributed by atoms with Gasteiger partial charge in [0.15, 0.2) is 0 Å². The van der Waals surface area contributed by atoms with Gasteiger partial charge in [0.05, 0.1) is 11.8 Å². The van der Waals surface area contributed by atoms with Crippen molar-refractivity contribution in [3.8, 4) is 0 Å². The van der Waals surface area contributed by atoms with Gasteiger partial charge < -0.3 is 15.1 Å². The molecule has 0 aliphatic rings. The summed E-state index contributed by atoms with van der Waals surface area (Å²) in [6.45, 7) is 4.36. The largest absolute Gasteiger partial charge is 0.472 e. The third-order valence-electron chi connectivity index (χ3n) is 3.77. The molecule has 0 saturated heterocycles. The van der Waals surface area contributed by atoms with Gasteiger partial charge in [-0.05, 0) is 30.9 Å². The lowest BCUT2D eigenvalue weighted by Crippen LogP contribution is -2.45. The number of carbonyl (C=O) groups excluding carboxylic acids is 2. The summed E-state index contributed by atoms with van der Waals surface area (Å²) in [6, 6.07) is 11.1. The molecule has 1 aromatic heterocycles. The van der Waals surface area contributed by atoms with Crippen LogP contribution in [0.15, 0.2) is 53.3 Å². The van der Waals surface area contributed by atoms with Gasteiger partial charge in [-0.2, -0.15) is 0 Å². The summed E-state index contributed by atoms with van der Waals surface area (Å²) in [4.78, 5) is 23.9. The van der Waals surface area contributed by atoms with Crippen LogP contribution in [-0.4, -0.2) is 24.4 Å². The van der Waals surface area contributed by atoms with Gasteiger partial charge in [0.2, 0.25) is 5.91 Å². The van der Waals surface area contributed by atoms with Crippen LogP contribution < -0.4 is 10.6 Å². The summed E-state index contributed by atoms with van der Waals surface area (Å²) in [5.74, 6) is -0.145. The molecule has 2 amide bonds. The lowest BCUT2D eigenvalue weighted by Gasteiger charge is -2.16. The third kappa shape index (κ3) is 4.98. The van der Waals surface area contributed by atoms with Crippen LogP contribution in [0, 0.1) is 0 Å². The van der Waals surface area contributed by atoms with Crippen LogP contribution in [0.1, 0.15) is 42.1 Å². The van der Waals surface area contributed by atoms with Crippen LogP contribution in [0.3, 0.4) is 0 Å². The first-order valence-corrected chi connectivity index (χ1v) is 7.73. The van der Waals surface area contributed by atoms with Crippen LogP contribution in [0.5, 0.6) is 0 Å². The van der Waals surface area contributed by atoms with E-state index in [1.807, 2.05) is 18.2 Å². The summed E-state index contributed by atoms with van der Waals surface area (Å²) in [7, 11) is 0. The Morgan fingerprint density at radius 1 is 1.13 bits per heavy atom. The maximum Gasteiger partial charge on any atom is 0.255 e. The van der Waals surface area contributed by atoms with Crippen molar-refractivity contribution in [3.05, 3.63) is 60.1 Å². The molecule has 0 radical (unpaired) electrons. The summed E-state index contributed by atoms with van der Waals surface area (Å²) < 4.78 is 4.85. The normalized spacial score (nSPS) is 13.1. The highest BCUT2D eigenvalue weighted by molar-refractivity contribution is 5.97. The highest BCUT2D eigenvalue weighted by atomic mass is 16.3. The van der Waals surface area contributed by atoms with E-state index in [2.05, 4.69) is 29.7 Å². The van der Waals surface area contributed by atoms with Gasteiger partial charge in [0.1, 0.15) is 12.3 Å². The Morgan fingerprint density at radius 3 is 2.52 bits per heavy atom. The van der Waals surface area contributed by atoms with Crippen molar-refractivity contribution in [3.63, 3.8) is 0 Å². The molecule has 0 spiro atoms. The Morgan fingerprint density at radius 2 is 1.87 bits per heavy atom. The standard InChI is InChI=1S/C18H22N2O3/c1-13(15-6-4-3-5-7-15)8-10-19-17(21)14(2)20-18(22)16-9-11-23-12-16/h3-7,9,11-14H,8,10H2,1-2H3,(H,19,21)(H,20,22)/t13-,14-/m0/s1. The van der Waals surface area contributed by atoms with Crippen LogP contribution in [0.4, 0.5) is 0 Å². The molecule has 1 heterocycles. The van der Waals surface area contributed by atoms with E-state index in [4.69, 9.17) is 4.42 Å². The molecule has 2 rings (SSSR count). The summed E-state index contributed by atoms with van der Waals surface area (Å²) in [5.41, 5.74) is 1.66. The van der Waals surface area contributed by atoms with E-state index in [0.717, 1.165) is 6.42 Å². The van der Waals surface area contributed by atoms with Crippen molar-refractivity contribution in [2.75, 3.05) is 6.54 Å². The van der Waals surface area contributed by atoms with Crippen LogP contribution in [0.25, 0.3) is 0 Å². The molecule has 2 N–H and O–H groups in total. The maximum absolute atomic E-state index is 12.0. The molecular weight excluding hydrogens is 292 g/mol. The quantitative estimate of drug-likeness (QED) is 0.825. The average Bonchev–Trinajstić information content (AvgIpc) is 3.10. The molecule has 5 nitrogen and oxygen atoms in total. The van der Waals surface area contributed by atoms with Gasteiger partial charge in [-0.25, -0.2) is 0 Å². The van der Waals surface area contributed by atoms with E-state index in [-0.39, 0.29) is 11.8 Å². The van der Waals surface area contributed by atoms with Crippen molar-refractivity contribution in [2.24, 2.45) is 0 Å². The predicted molar refractivity (Wildman–Crippen MR) is 88.1 cm³/mol. The minimum absolute atomic E-state index is 0.192. The molecule has 2 atom stereocenters. The Labute approximate surface area is 136 Å². The Kier molecular flexibility index (Phi) is 5.97. The average molecular weight is 314 g/mol. The number of rotatable bonds is 7. The minimum atomic E-state index is -0.593. The third-order valence-corrected chi connectivity index (χ3v) is 3.77. The number of hydrogen-bond donors (Lipinski definition) is 2. The van der Waals surface area contributed by atoms with Gasteiger partial charge in [-0.3, -0.25) is 9.59 Å². The van der Waals surface area contributed by atoms with Crippen LogP contribution in [0.2, 0.25) is 0 Å². The van der Waals surface area contributed by atoms with E-state index >= 15 is 0 Å². The number of carbonyl (C=O) groups is 2. The van der Waals surface area contributed by atoms with E-state index in [1.54, 1.807) is 13.0 Å². The fourth-order valence-corrected chi connectivity index (χ4v) is 2.25. The second-order valence-corrected chi connectivity index (χ2v) is 5.60. The van der Waals surface area contributed by atoms with Crippen molar-refractivity contribution < 1.29 is 14.0 Å². The number of nitrogens with one attached hydrogen (secondary N) is 2. The molecule has 1 aromatic carbocycles. The molecule has 0 aliphatic carbocycles. The topological polar surface area (TPSA) is 71.3 Å². The summed E-state index contributed by atoms with van der Waals surface area (Å²) >= 11 is 0. The summed E-state index contributed by atoms with van der Waals surface area (Å²) in [6.07, 6.45) is 3.62. The number of hydrogen-bond acceptors (Lipinski definition) is 3. The van der Waals surface area contributed by atoms with E-state index in [1.165, 1.54) is 18.1 Å². The highest BCUT2D eigenvalue weighted by Gasteiger charge is 2.17. The molecular formula is C18H22N2O3. The predicted octanol–water partition coefficient (Wildman–Crippen LogP) is 2.71. The second kappa shape index (κ2) is 8.17. The first-order valence-electron chi connectivity index (χ1n) is 7.73. The fourth-order valence-electron chi connectivity index (χ4n) is 2.25. The molecule has 122 valence electrons. The lowest BCUT2D eigenvalue weighted by atomic mass is 9.98. The molecule has 0 unspecified atom stereocenters. The van der Waals surface area contributed by atoms with Crippen LogP contribution in [-0.2, 0) is 4.79 Å². The molecule has 2 aromatic rings. The van der Waals surface area contributed by atoms with Crippen molar-refractivity contribution in [1.82, 2.24) is 10.6 Å². The van der Waals surface area contributed by atoms with Gasteiger partial charge in [0.25, 0.3) is 5.91 Å². The molecule has 0 bridgehead atoms. The van der Waals surface area contributed by atoms with Gasteiger partial charge >= 0.3 is 0 Å². The van der Waals surface area contributed by atoms with Gasteiger partial charge in [-0.15, -0.1) is 0 Å². The highest BCUT2D eigenvalue weighted by Crippen LogP contribution is 2.17. The SMILES string of the molecule is C[C@H](NC(=O)c1ccoc1)C(=O)NCC[C@H](C)c1ccccc1. The zero-order valence-electron chi connectivity index (χ0n) is 13.4. The second-order valence-electron chi connectivity index (χ2n) is 5.60. The first kappa shape index (κ1) is 16.8. The van der Waals surface area contributed by atoms with Crippen molar-refractivity contribution >= 4 is 11.8 Å². The fraction of sp³-hybridized carbons (Fsp3) is 0.333. The Balaban J connectivity index is 1.73. The number of furan rings is 1. The van der Waals surface area contributed by atoms with Gasteiger partial charge in [-0.1, -0.05) is 37.3 Å². The molecule has 0 fully saturated rings. The molecule has 5 heteroatoms. The van der Waals surface area contributed by atoms with E-state index in [0.29, 0.717) is 18.0 Å². The van der Waals surface area contributed by atoms with E-state index < -0.39 is 6.04 Å². The monoisotopic (exact) mass is 314 g/mol. The first-order chi connectivity index (χ1) is 11.1. The Hall–Kier alpha value is -2.56. The van der Waals surface area contributed by atoms with Crippen molar-refractivity contribution in [1.29, 1.82) is 0 Å². The van der Waals surface area contributed by atoms with E-state index in [9.17, 15) is 9.59 Å².